The van der Waals surface area contributed by atoms with Crippen LogP contribution in [-0.4, -0.2) is 24.6 Å². The highest BCUT2D eigenvalue weighted by atomic mass is 16.5. The third-order valence-corrected chi connectivity index (χ3v) is 3.25. The van der Waals surface area contributed by atoms with Crippen LogP contribution in [0.2, 0.25) is 0 Å². The van der Waals surface area contributed by atoms with Gasteiger partial charge in [-0.05, 0) is 30.7 Å². The van der Waals surface area contributed by atoms with Crippen LogP contribution in [0, 0.1) is 0 Å². The minimum Gasteiger partial charge on any atom is -0.465 e. The summed E-state index contributed by atoms with van der Waals surface area (Å²) in [6.45, 7) is 3.01. The maximum Gasteiger partial charge on any atom is 0.338 e. The molecule has 4 heteroatoms. The smallest absolute Gasteiger partial charge is 0.338 e. The standard InChI is InChI=1S/C17H20N2O2/c1-3-4-12-19(15-8-6-5-7-9-15)16-13-14(10-11-18-16)17(20)21-2/h5-11,13H,3-4,12H2,1-2H3. The van der Waals surface area contributed by atoms with E-state index in [2.05, 4.69) is 16.8 Å². The Labute approximate surface area is 125 Å². The number of rotatable bonds is 6. The predicted molar refractivity (Wildman–Crippen MR) is 83.9 cm³/mol. The van der Waals surface area contributed by atoms with Crippen LogP contribution in [0.15, 0.2) is 48.7 Å². The van der Waals surface area contributed by atoms with Gasteiger partial charge in [0.2, 0.25) is 0 Å². The summed E-state index contributed by atoms with van der Waals surface area (Å²) in [4.78, 5) is 18.2. The number of para-hydroxylation sites is 1. The summed E-state index contributed by atoms with van der Waals surface area (Å²) in [7, 11) is 1.38. The highest BCUT2D eigenvalue weighted by Crippen LogP contribution is 2.24. The number of unbranched alkanes of at least 4 members (excludes halogenated alkanes) is 1. The summed E-state index contributed by atoms with van der Waals surface area (Å²) in [6, 6.07) is 13.5. The Hall–Kier alpha value is -2.36. The van der Waals surface area contributed by atoms with Gasteiger partial charge in [-0.15, -0.1) is 0 Å². The first-order chi connectivity index (χ1) is 10.3. The lowest BCUT2D eigenvalue weighted by Gasteiger charge is -2.24. The minimum absolute atomic E-state index is 0.345. The van der Waals surface area contributed by atoms with E-state index in [0.29, 0.717) is 5.56 Å². The average molecular weight is 284 g/mol. The van der Waals surface area contributed by atoms with Crippen molar-refractivity contribution in [1.29, 1.82) is 0 Å². The van der Waals surface area contributed by atoms with E-state index in [0.717, 1.165) is 30.9 Å². The molecule has 0 aliphatic heterocycles. The van der Waals surface area contributed by atoms with Crippen molar-refractivity contribution >= 4 is 17.5 Å². The van der Waals surface area contributed by atoms with Crippen molar-refractivity contribution in [2.45, 2.75) is 19.8 Å². The highest BCUT2D eigenvalue weighted by molar-refractivity contribution is 5.90. The fourth-order valence-corrected chi connectivity index (χ4v) is 2.11. The molecular weight excluding hydrogens is 264 g/mol. The normalized spacial score (nSPS) is 10.2. The van der Waals surface area contributed by atoms with Crippen LogP contribution in [-0.2, 0) is 4.74 Å². The topological polar surface area (TPSA) is 42.4 Å². The van der Waals surface area contributed by atoms with E-state index in [1.54, 1.807) is 18.3 Å². The van der Waals surface area contributed by atoms with Crippen LogP contribution in [0.5, 0.6) is 0 Å². The molecule has 0 saturated carbocycles. The maximum absolute atomic E-state index is 11.7. The Kier molecular flexibility index (Phi) is 5.32. The molecule has 0 aliphatic carbocycles. The van der Waals surface area contributed by atoms with Gasteiger partial charge in [0.25, 0.3) is 0 Å². The first-order valence-electron chi connectivity index (χ1n) is 7.13. The number of ether oxygens (including phenoxy) is 1. The number of hydrogen-bond donors (Lipinski definition) is 0. The molecule has 110 valence electrons. The number of esters is 1. The largest absolute Gasteiger partial charge is 0.465 e. The SMILES string of the molecule is CCCCN(c1ccccc1)c1cc(C(=O)OC)ccn1. The molecule has 1 aromatic heterocycles. The number of pyridine rings is 1. The number of hydrogen-bond acceptors (Lipinski definition) is 4. The molecule has 0 N–H and O–H groups in total. The molecule has 21 heavy (non-hydrogen) atoms. The number of benzene rings is 1. The molecule has 1 aromatic carbocycles. The van der Waals surface area contributed by atoms with Gasteiger partial charge >= 0.3 is 5.97 Å². The van der Waals surface area contributed by atoms with Crippen molar-refractivity contribution in [3.05, 3.63) is 54.2 Å². The van der Waals surface area contributed by atoms with Gasteiger partial charge < -0.3 is 9.64 Å². The number of carbonyl (C=O) groups excluding carboxylic acids is 1. The van der Waals surface area contributed by atoms with Gasteiger partial charge in [-0.3, -0.25) is 0 Å². The van der Waals surface area contributed by atoms with Crippen molar-refractivity contribution in [3.63, 3.8) is 0 Å². The maximum atomic E-state index is 11.7. The Balaban J connectivity index is 2.34. The van der Waals surface area contributed by atoms with Crippen LogP contribution in [0.3, 0.4) is 0 Å². The first-order valence-corrected chi connectivity index (χ1v) is 7.13. The molecule has 2 aromatic rings. The lowest BCUT2D eigenvalue weighted by atomic mass is 10.2. The zero-order valence-corrected chi connectivity index (χ0v) is 12.5. The number of aromatic nitrogens is 1. The fourth-order valence-electron chi connectivity index (χ4n) is 2.11. The molecular formula is C17H20N2O2. The summed E-state index contributed by atoms with van der Waals surface area (Å²) >= 11 is 0. The summed E-state index contributed by atoms with van der Waals surface area (Å²) < 4.78 is 4.77. The van der Waals surface area contributed by atoms with Gasteiger partial charge in [0, 0.05) is 18.4 Å². The number of nitrogens with zero attached hydrogens (tertiary/aromatic N) is 2. The predicted octanol–water partition coefficient (Wildman–Crippen LogP) is 3.81. The van der Waals surface area contributed by atoms with E-state index >= 15 is 0 Å². The van der Waals surface area contributed by atoms with Crippen LogP contribution < -0.4 is 4.90 Å². The number of carbonyl (C=O) groups is 1. The molecule has 0 atom stereocenters. The summed E-state index contributed by atoms with van der Waals surface area (Å²) in [5.41, 5.74) is 1.58. The van der Waals surface area contributed by atoms with E-state index in [9.17, 15) is 4.79 Å². The minimum atomic E-state index is -0.345. The van der Waals surface area contributed by atoms with E-state index in [4.69, 9.17) is 4.74 Å². The molecule has 0 aliphatic rings. The third kappa shape index (κ3) is 3.81. The van der Waals surface area contributed by atoms with Gasteiger partial charge in [-0.1, -0.05) is 31.5 Å². The molecule has 0 fully saturated rings. The Morgan fingerprint density at radius 3 is 2.67 bits per heavy atom. The van der Waals surface area contributed by atoms with Crippen molar-refractivity contribution < 1.29 is 9.53 Å². The molecule has 0 spiro atoms. The van der Waals surface area contributed by atoms with Crippen molar-refractivity contribution in [3.8, 4) is 0 Å². The zero-order valence-electron chi connectivity index (χ0n) is 12.5. The van der Waals surface area contributed by atoms with Gasteiger partial charge in [0.05, 0.1) is 12.7 Å². The number of methoxy groups -OCH3 is 1. The van der Waals surface area contributed by atoms with E-state index in [-0.39, 0.29) is 5.97 Å². The second kappa shape index (κ2) is 7.43. The van der Waals surface area contributed by atoms with Gasteiger partial charge in [-0.25, -0.2) is 9.78 Å². The third-order valence-electron chi connectivity index (χ3n) is 3.25. The molecule has 0 radical (unpaired) electrons. The average Bonchev–Trinajstić information content (AvgIpc) is 2.56. The van der Waals surface area contributed by atoms with Gasteiger partial charge in [-0.2, -0.15) is 0 Å². The highest BCUT2D eigenvalue weighted by Gasteiger charge is 2.13. The molecule has 0 bridgehead atoms. The van der Waals surface area contributed by atoms with E-state index in [1.165, 1.54) is 7.11 Å². The number of anilines is 2. The van der Waals surface area contributed by atoms with Crippen molar-refractivity contribution in [2.24, 2.45) is 0 Å². The Morgan fingerprint density at radius 1 is 1.24 bits per heavy atom. The van der Waals surface area contributed by atoms with Crippen LogP contribution in [0.4, 0.5) is 11.5 Å². The Bertz CT molecular complexity index is 584. The second-order valence-electron chi connectivity index (χ2n) is 4.74. The molecule has 1 heterocycles. The first kappa shape index (κ1) is 15.0. The Morgan fingerprint density at radius 2 is 2.00 bits per heavy atom. The van der Waals surface area contributed by atoms with Crippen LogP contribution in [0.1, 0.15) is 30.1 Å². The quantitative estimate of drug-likeness (QED) is 0.757. The zero-order chi connectivity index (χ0) is 15.1. The van der Waals surface area contributed by atoms with Crippen LogP contribution >= 0.6 is 0 Å². The van der Waals surface area contributed by atoms with Crippen LogP contribution in [0.25, 0.3) is 0 Å². The summed E-state index contributed by atoms with van der Waals surface area (Å²) in [5.74, 6) is 0.416. The second-order valence-corrected chi connectivity index (χ2v) is 4.74. The lowest BCUT2D eigenvalue weighted by molar-refractivity contribution is 0.0600. The molecule has 0 amide bonds. The van der Waals surface area contributed by atoms with E-state index < -0.39 is 0 Å². The summed E-state index contributed by atoms with van der Waals surface area (Å²) in [6.07, 6.45) is 3.79. The lowest BCUT2D eigenvalue weighted by Crippen LogP contribution is -2.20. The molecule has 4 nitrogen and oxygen atoms in total. The molecule has 0 saturated heterocycles. The summed E-state index contributed by atoms with van der Waals surface area (Å²) in [5, 5.41) is 0. The molecule has 0 unspecified atom stereocenters. The van der Waals surface area contributed by atoms with Gasteiger partial charge in [0.15, 0.2) is 0 Å². The van der Waals surface area contributed by atoms with Crippen molar-refractivity contribution in [1.82, 2.24) is 4.98 Å². The monoisotopic (exact) mass is 284 g/mol. The van der Waals surface area contributed by atoms with Gasteiger partial charge in [0.1, 0.15) is 5.82 Å². The molecule has 2 rings (SSSR count). The van der Waals surface area contributed by atoms with E-state index in [1.807, 2.05) is 30.3 Å². The fraction of sp³-hybridized carbons (Fsp3) is 0.294. The van der Waals surface area contributed by atoms with Crippen molar-refractivity contribution in [2.75, 3.05) is 18.6 Å².